The molecule has 43 heavy (non-hydrogen) atoms. The highest BCUT2D eigenvalue weighted by Crippen LogP contribution is 2.39. The van der Waals surface area contributed by atoms with Gasteiger partial charge in [0.15, 0.2) is 5.75 Å². The Labute approximate surface area is 250 Å². The zero-order valence-corrected chi connectivity index (χ0v) is 25.2. The van der Waals surface area contributed by atoms with Crippen LogP contribution < -0.4 is 25.4 Å². The molecular formula is C32H35N5O6. The maximum Gasteiger partial charge on any atom is 0.411 e. The van der Waals surface area contributed by atoms with Crippen LogP contribution in [0.5, 0.6) is 17.2 Å². The van der Waals surface area contributed by atoms with Crippen molar-refractivity contribution >= 4 is 45.9 Å². The standard InChI is InChI=1S/C32H35N5O6/c1-32(2,3)19-16-24(28(41-6)25(17-19)36-31(40)42-7)35-30(39)34-23-12-13-27(22-11-9-8-10-21(22)23)43-20-14-15-33-26(18-20)29(38)37(4)5/h8-18H,1-7H3,(H,36,40)(H2,34,35,39). The fraction of sp³-hybridized carbons (Fsp3) is 0.250. The molecule has 0 atom stereocenters. The minimum Gasteiger partial charge on any atom is -0.492 e. The average molecular weight is 586 g/mol. The first-order valence-corrected chi connectivity index (χ1v) is 13.4. The van der Waals surface area contributed by atoms with Crippen LogP contribution in [0.3, 0.4) is 0 Å². The van der Waals surface area contributed by atoms with E-state index in [2.05, 4.69) is 20.9 Å². The van der Waals surface area contributed by atoms with Gasteiger partial charge in [-0.2, -0.15) is 0 Å². The van der Waals surface area contributed by atoms with Crippen molar-refractivity contribution in [3.63, 3.8) is 0 Å². The molecule has 1 aromatic heterocycles. The smallest absolute Gasteiger partial charge is 0.411 e. The summed E-state index contributed by atoms with van der Waals surface area (Å²) in [6.07, 6.45) is 0.852. The minimum atomic E-state index is -0.666. The molecule has 1 heterocycles. The summed E-state index contributed by atoms with van der Waals surface area (Å²) in [7, 11) is 6.03. The number of amides is 4. The van der Waals surface area contributed by atoms with Gasteiger partial charge in [-0.1, -0.05) is 45.0 Å². The minimum absolute atomic E-state index is 0.237. The Bertz CT molecular complexity index is 1680. The first-order chi connectivity index (χ1) is 20.4. The number of nitrogens with one attached hydrogen (secondary N) is 3. The molecule has 11 nitrogen and oxygen atoms in total. The molecule has 0 radical (unpaired) electrons. The second-order valence-electron chi connectivity index (χ2n) is 10.9. The van der Waals surface area contributed by atoms with E-state index in [1.807, 2.05) is 45.0 Å². The van der Waals surface area contributed by atoms with Gasteiger partial charge in [0, 0.05) is 37.1 Å². The molecule has 4 aromatic rings. The van der Waals surface area contributed by atoms with Crippen molar-refractivity contribution in [2.24, 2.45) is 0 Å². The quantitative estimate of drug-likeness (QED) is 0.216. The zero-order valence-electron chi connectivity index (χ0n) is 25.2. The van der Waals surface area contributed by atoms with Crippen LogP contribution in [-0.2, 0) is 10.2 Å². The number of rotatable bonds is 7. The van der Waals surface area contributed by atoms with E-state index in [4.69, 9.17) is 14.2 Å². The second-order valence-corrected chi connectivity index (χ2v) is 10.9. The van der Waals surface area contributed by atoms with Crippen LogP contribution in [-0.4, -0.2) is 56.2 Å². The fourth-order valence-electron chi connectivity index (χ4n) is 4.32. The van der Waals surface area contributed by atoms with Gasteiger partial charge in [0.25, 0.3) is 5.91 Å². The Morgan fingerprint density at radius 3 is 2.09 bits per heavy atom. The summed E-state index contributed by atoms with van der Waals surface area (Å²) < 4.78 is 16.5. The number of aromatic nitrogens is 1. The second kappa shape index (κ2) is 12.7. The number of anilines is 3. The number of fused-ring (bicyclic) bond motifs is 1. The highest BCUT2D eigenvalue weighted by Gasteiger charge is 2.22. The van der Waals surface area contributed by atoms with Gasteiger partial charge in [0.05, 0.1) is 31.3 Å². The first-order valence-electron chi connectivity index (χ1n) is 13.4. The number of urea groups is 1. The molecule has 3 aromatic carbocycles. The Morgan fingerprint density at radius 2 is 1.47 bits per heavy atom. The highest BCUT2D eigenvalue weighted by atomic mass is 16.5. The van der Waals surface area contributed by atoms with Crippen LogP contribution >= 0.6 is 0 Å². The summed E-state index contributed by atoms with van der Waals surface area (Å²) >= 11 is 0. The van der Waals surface area contributed by atoms with Crippen LogP contribution in [0.2, 0.25) is 0 Å². The Hall–Kier alpha value is -5.32. The molecule has 0 aliphatic carbocycles. The molecule has 4 rings (SSSR count). The lowest BCUT2D eigenvalue weighted by molar-refractivity contribution is 0.0821. The number of carbonyl (C=O) groups excluding carboxylic acids is 3. The molecule has 3 N–H and O–H groups in total. The van der Waals surface area contributed by atoms with Gasteiger partial charge in [-0.05, 0) is 41.3 Å². The summed E-state index contributed by atoms with van der Waals surface area (Å²) in [4.78, 5) is 43.3. The number of ether oxygens (including phenoxy) is 3. The van der Waals surface area contributed by atoms with Crippen molar-refractivity contribution in [2.45, 2.75) is 26.2 Å². The largest absolute Gasteiger partial charge is 0.492 e. The molecule has 0 unspecified atom stereocenters. The Kier molecular flexibility index (Phi) is 9.03. The van der Waals surface area contributed by atoms with E-state index in [0.29, 0.717) is 28.6 Å². The van der Waals surface area contributed by atoms with Gasteiger partial charge in [-0.3, -0.25) is 15.1 Å². The summed E-state index contributed by atoms with van der Waals surface area (Å²) in [5.41, 5.74) is 2.08. The SMILES string of the molecule is COC(=O)Nc1cc(C(C)(C)C)cc(NC(=O)Nc2ccc(Oc3ccnc(C(=O)N(C)C)c3)c3ccccc23)c1OC. The molecular weight excluding hydrogens is 550 g/mol. The number of hydrogen-bond donors (Lipinski definition) is 3. The van der Waals surface area contributed by atoms with Gasteiger partial charge in [0.2, 0.25) is 0 Å². The third-order valence-electron chi connectivity index (χ3n) is 6.55. The maximum absolute atomic E-state index is 13.3. The monoisotopic (exact) mass is 585 g/mol. The number of nitrogens with zero attached hydrogens (tertiary/aromatic N) is 2. The van der Waals surface area contributed by atoms with E-state index < -0.39 is 12.1 Å². The van der Waals surface area contributed by atoms with E-state index in [0.717, 1.165) is 16.3 Å². The molecule has 0 aliphatic heterocycles. The predicted molar refractivity (Wildman–Crippen MR) is 167 cm³/mol. The maximum atomic E-state index is 13.3. The summed E-state index contributed by atoms with van der Waals surface area (Å²) in [6, 6.07) is 17.3. The number of benzene rings is 3. The van der Waals surface area contributed by atoms with Crippen LogP contribution in [0.1, 0.15) is 36.8 Å². The average Bonchev–Trinajstić information content (AvgIpc) is 2.97. The number of hydrogen-bond acceptors (Lipinski definition) is 7. The van der Waals surface area contributed by atoms with Crippen molar-refractivity contribution in [1.82, 2.24) is 9.88 Å². The molecule has 0 bridgehead atoms. The predicted octanol–water partition coefficient (Wildman–Crippen LogP) is 6.86. The summed E-state index contributed by atoms with van der Waals surface area (Å²) in [5, 5.41) is 9.90. The van der Waals surface area contributed by atoms with Crippen LogP contribution in [0.25, 0.3) is 10.8 Å². The fourth-order valence-corrected chi connectivity index (χ4v) is 4.32. The van der Waals surface area contributed by atoms with E-state index in [1.54, 1.807) is 50.5 Å². The van der Waals surface area contributed by atoms with Gasteiger partial charge in [0.1, 0.15) is 17.2 Å². The van der Waals surface area contributed by atoms with Crippen molar-refractivity contribution in [3.05, 3.63) is 78.1 Å². The van der Waals surface area contributed by atoms with Gasteiger partial charge in [-0.25, -0.2) is 9.59 Å². The molecule has 224 valence electrons. The van der Waals surface area contributed by atoms with E-state index >= 15 is 0 Å². The van der Waals surface area contributed by atoms with E-state index in [9.17, 15) is 14.4 Å². The Morgan fingerprint density at radius 1 is 0.814 bits per heavy atom. The normalized spacial score (nSPS) is 11.0. The van der Waals surface area contributed by atoms with Crippen molar-refractivity contribution < 1.29 is 28.6 Å². The van der Waals surface area contributed by atoms with Gasteiger partial charge >= 0.3 is 12.1 Å². The van der Waals surface area contributed by atoms with E-state index in [-0.39, 0.29) is 22.8 Å². The van der Waals surface area contributed by atoms with Crippen molar-refractivity contribution in [1.29, 1.82) is 0 Å². The van der Waals surface area contributed by atoms with Crippen LogP contribution in [0.15, 0.2) is 66.9 Å². The number of pyridine rings is 1. The lowest BCUT2D eigenvalue weighted by Crippen LogP contribution is -2.22. The first kappa shape index (κ1) is 30.6. The highest BCUT2D eigenvalue weighted by molar-refractivity contribution is 6.08. The number of methoxy groups -OCH3 is 2. The molecule has 0 fully saturated rings. The molecule has 0 saturated carbocycles. The van der Waals surface area contributed by atoms with Crippen molar-refractivity contribution in [2.75, 3.05) is 44.3 Å². The molecule has 0 aliphatic rings. The topological polar surface area (TPSA) is 131 Å². The molecule has 11 heteroatoms. The van der Waals surface area contributed by atoms with Gasteiger partial charge in [-0.15, -0.1) is 0 Å². The lowest BCUT2D eigenvalue weighted by Gasteiger charge is -2.24. The molecule has 0 spiro atoms. The third kappa shape index (κ3) is 7.13. The van der Waals surface area contributed by atoms with Crippen molar-refractivity contribution in [3.8, 4) is 17.2 Å². The van der Waals surface area contributed by atoms with Gasteiger partial charge < -0.3 is 29.7 Å². The van der Waals surface area contributed by atoms with Crippen LogP contribution in [0, 0.1) is 0 Å². The van der Waals surface area contributed by atoms with Crippen LogP contribution in [0.4, 0.5) is 26.7 Å². The number of carbonyl (C=O) groups is 3. The summed E-state index contributed by atoms with van der Waals surface area (Å²) in [6.45, 7) is 6.05. The zero-order chi connectivity index (χ0) is 31.3. The molecule has 0 saturated heterocycles. The lowest BCUT2D eigenvalue weighted by atomic mass is 9.86. The third-order valence-corrected chi connectivity index (χ3v) is 6.55. The van der Waals surface area contributed by atoms with E-state index in [1.165, 1.54) is 25.3 Å². The summed E-state index contributed by atoms with van der Waals surface area (Å²) in [5.74, 6) is 1.02. The Balaban J connectivity index is 1.63. The molecule has 4 amide bonds.